The number of nitrogens with zero attached hydrogens (tertiary/aromatic N) is 1. The Morgan fingerprint density at radius 2 is 1.70 bits per heavy atom. The van der Waals surface area contributed by atoms with Crippen LogP contribution in [-0.2, 0) is 4.79 Å². The van der Waals surface area contributed by atoms with Gasteiger partial charge in [0.2, 0.25) is 0 Å². The van der Waals surface area contributed by atoms with Crippen molar-refractivity contribution >= 4 is 17.3 Å². The van der Waals surface area contributed by atoms with Gasteiger partial charge < -0.3 is 5.11 Å². The van der Waals surface area contributed by atoms with Crippen molar-refractivity contribution in [2.24, 2.45) is 10.4 Å². The number of carbonyl (C=O) groups is 2. The molecule has 0 saturated carbocycles. The molecule has 0 aliphatic heterocycles. The number of carbonyl (C=O) groups excluding carboxylic acids is 2. The van der Waals surface area contributed by atoms with E-state index in [-0.39, 0.29) is 11.3 Å². The summed E-state index contributed by atoms with van der Waals surface area (Å²) in [7, 11) is 0. The van der Waals surface area contributed by atoms with Crippen LogP contribution < -0.4 is 0 Å². The molecule has 0 aliphatic rings. The monoisotopic (exact) mass is 329 g/mol. The second kappa shape index (κ2) is 6.93. The zero-order valence-corrected chi connectivity index (χ0v) is 13.1. The van der Waals surface area contributed by atoms with E-state index in [1.54, 1.807) is 0 Å². The van der Waals surface area contributed by atoms with E-state index in [1.165, 1.54) is 45.0 Å². The molecule has 0 bridgehead atoms. The minimum absolute atomic E-state index is 0.111. The minimum atomic E-state index is -4.79. The average molecular weight is 329 g/mol. The van der Waals surface area contributed by atoms with Crippen LogP contribution in [0.2, 0.25) is 0 Å². The summed E-state index contributed by atoms with van der Waals surface area (Å²) >= 11 is 0. The van der Waals surface area contributed by atoms with E-state index in [0.717, 1.165) is 0 Å². The van der Waals surface area contributed by atoms with Gasteiger partial charge in [-0.2, -0.15) is 13.2 Å². The summed E-state index contributed by atoms with van der Waals surface area (Å²) in [4.78, 5) is 26.9. The van der Waals surface area contributed by atoms with E-state index < -0.39 is 41.8 Å². The summed E-state index contributed by atoms with van der Waals surface area (Å²) in [6, 6.07) is 5.51. The second-order valence-corrected chi connectivity index (χ2v) is 6.05. The Kier molecular flexibility index (Phi) is 5.69. The van der Waals surface area contributed by atoms with Crippen molar-refractivity contribution in [1.29, 1.82) is 0 Å². The van der Waals surface area contributed by atoms with Gasteiger partial charge in [0.1, 0.15) is 23.8 Å². The molecule has 1 N–H and O–H groups in total. The summed E-state index contributed by atoms with van der Waals surface area (Å²) in [5.41, 5.74) is -2.34. The van der Waals surface area contributed by atoms with Gasteiger partial charge >= 0.3 is 6.18 Å². The summed E-state index contributed by atoms with van der Waals surface area (Å²) in [6.45, 7) is 3.74. The highest BCUT2D eigenvalue weighted by atomic mass is 19.4. The van der Waals surface area contributed by atoms with E-state index in [1.807, 2.05) is 0 Å². The largest absolute Gasteiger partial charge is 0.507 e. The zero-order chi connectivity index (χ0) is 17.8. The Hall–Kier alpha value is -2.18. The number of halogens is 3. The first-order valence-electron chi connectivity index (χ1n) is 6.88. The standard InChI is InChI=1S/C16H18F3NO3/c1-15(2,3)14(23)8-13(16(17,18)19)20-9-12(22)10-6-4-5-7-11(10)21/h4-7,21H,8-9H2,1-3H3. The zero-order valence-electron chi connectivity index (χ0n) is 13.1. The highest BCUT2D eigenvalue weighted by Crippen LogP contribution is 2.25. The van der Waals surface area contributed by atoms with Crippen molar-refractivity contribution in [1.82, 2.24) is 0 Å². The number of hydrogen-bond acceptors (Lipinski definition) is 4. The van der Waals surface area contributed by atoms with E-state index in [9.17, 15) is 27.9 Å². The molecule has 0 radical (unpaired) electrons. The number of ketones is 2. The first kappa shape index (κ1) is 18.9. The molecule has 0 aliphatic carbocycles. The van der Waals surface area contributed by atoms with E-state index >= 15 is 0 Å². The fraction of sp³-hybridized carbons (Fsp3) is 0.438. The number of alkyl halides is 3. The normalized spacial score (nSPS) is 13.0. The van der Waals surface area contributed by atoms with E-state index in [4.69, 9.17) is 0 Å². The topological polar surface area (TPSA) is 66.7 Å². The maximum absolute atomic E-state index is 13.0. The fourth-order valence-corrected chi connectivity index (χ4v) is 1.62. The average Bonchev–Trinajstić information content (AvgIpc) is 2.40. The van der Waals surface area contributed by atoms with Crippen molar-refractivity contribution in [2.75, 3.05) is 6.54 Å². The molecule has 126 valence electrons. The maximum Gasteiger partial charge on any atom is 0.429 e. The number of phenolic OH excluding ortho intramolecular Hbond substituents is 1. The maximum atomic E-state index is 13.0. The third-order valence-electron chi connectivity index (χ3n) is 3.11. The van der Waals surface area contributed by atoms with Crippen LogP contribution in [0.4, 0.5) is 13.2 Å². The number of Topliss-reactive ketones (excluding diaryl/α,β-unsaturated/α-hetero) is 2. The molecule has 0 unspecified atom stereocenters. The lowest BCUT2D eigenvalue weighted by Crippen LogP contribution is -2.31. The summed E-state index contributed by atoms with van der Waals surface area (Å²) < 4.78 is 38.9. The summed E-state index contributed by atoms with van der Waals surface area (Å²) in [5, 5.41) is 9.51. The van der Waals surface area contributed by atoms with Gasteiger partial charge in [-0.1, -0.05) is 32.9 Å². The van der Waals surface area contributed by atoms with Gasteiger partial charge in [-0.05, 0) is 12.1 Å². The lowest BCUT2D eigenvalue weighted by atomic mass is 9.87. The molecule has 4 nitrogen and oxygen atoms in total. The third-order valence-corrected chi connectivity index (χ3v) is 3.11. The predicted octanol–water partition coefficient (Wildman–Crippen LogP) is 3.58. The molecule has 0 aromatic heterocycles. The molecular weight excluding hydrogens is 311 g/mol. The Morgan fingerprint density at radius 3 is 2.17 bits per heavy atom. The van der Waals surface area contributed by atoms with Crippen LogP contribution in [0.5, 0.6) is 5.75 Å². The van der Waals surface area contributed by atoms with E-state index in [2.05, 4.69) is 4.99 Å². The number of phenols is 1. The van der Waals surface area contributed by atoms with Crippen molar-refractivity contribution in [2.45, 2.75) is 33.4 Å². The molecule has 0 spiro atoms. The van der Waals surface area contributed by atoms with E-state index in [0.29, 0.717) is 0 Å². The second-order valence-electron chi connectivity index (χ2n) is 6.05. The molecule has 1 aromatic rings. The molecule has 0 atom stereocenters. The third kappa shape index (κ3) is 5.50. The minimum Gasteiger partial charge on any atom is -0.507 e. The van der Waals surface area contributed by atoms with Gasteiger partial charge in [-0.15, -0.1) is 0 Å². The van der Waals surface area contributed by atoms with Gasteiger partial charge in [0.05, 0.1) is 12.0 Å². The SMILES string of the molecule is CC(C)(C)C(=O)CC(=NCC(=O)c1ccccc1O)C(F)(F)F. The van der Waals surface area contributed by atoms with Crippen molar-refractivity contribution in [3.05, 3.63) is 29.8 Å². The first-order valence-corrected chi connectivity index (χ1v) is 6.88. The smallest absolute Gasteiger partial charge is 0.429 e. The van der Waals surface area contributed by atoms with Crippen molar-refractivity contribution in [3.8, 4) is 5.75 Å². The molecule has 23 heavy (non-hydrogen) atoms. The molecular formula is C16H18F3NO3. The number of aromatic hydroxyl groups is 1. The van der Waals surface area contributed by atoms with Crippen LogP contribution in [0, 0.1) is 5.41 Å². The molecule has 1 aromatic carbocycles. The fourth-order valence-electron chi connectivity index (χ4n) is 1.62. The number of para-hydroxylation sites is 1. The van der Waals surface area contributed by atoms with Gasteiger partial charge in [-0.3, -0.25) is 14.6 Å². The van der Waals surface area contributed by atoms with Gasteiger partial charge in [0.15, 0.2) is 5.78 Å². The van der Waals surface area contributed by atoms with Crippen LogP contribution in [0.15, 0.2) is 29.3 Å². The number of hydrogen-bond donors (Lipinski definition) is 1. The lowest BCUT2D eigenvalue weighted by Gasteiger charge is -2.18. The highest BCUT2D eigenvalue weighted by molar-refractivity contribution is 6.08. The van der Waals surface area contributed by atoms with Gasteiger partial charge in [0, 0.05) is 5.41 Å². The van der Waals surface area contributed by atoms with Crippen LogP contribution >= 0.6 is 0 Å². The highest BCUT2D eigenvalue weighted by Gasteiger charge is 2.38. The summed E-state index contributed by atoms with van der Waals surface area (Å²) in [5.74, 6) is -1.70. The van der Waals surface area contributed by atoms with Crippen molar-refractivity contribution < 1.29 is 27.9 Å². The molecule has 0 fully saturated rings. The number of aliphatic imine (C=N–C) groups is 1. The van der Waals surface area contributed by atoms with Gasteiger partial charge in [0.25, 0.3) is 0 Å². The number of benzene rings is 1. The number of rotatable bonds is 5. The molecule has 1 rings (SSSR count). The Labute approximate surface area is 132 Å². The molecule has 0 heterocycles. The summed E-state index contributed by atoms with van der Waals surface area (Å²) in [6.07, 6.45) is -5.68. The van der Waals surface area contributed by atoms with Crippen LogP contribution in [0.3, 0.4) is 0 Å². The van der Waals surface area contributed by atoms with Crippen LogP contribution in [-0.4, -0.2) is 35.1 Å². The Morgan fingerprint density at radius 1 is 1.13 bits per heavy atom. The molecule has 0 saturated heterocycles. The lowest BCUT2D eigenvalue weighted by molar-refractivity contribution is -0.126. The Balaban J connectivity index is 2.97. The quantitative estimate of drug-likeness (QED) is 0.663. The van der Waals surface area contributed by atoms with Gasteiger partial charge in [-0.25, -0.2) is 0 Å². The van der Waals surface area contributed by atoms with Crippen molar-refractivity contribution in [3.63, 3.8) is 0 Å². The Bertz CT molecular complexity index is 628. The van der Waals surface area contributed by atoms with Crippen LogP contribution in [0.25, 0.3) is 0 Å². The molecule has 0 amide bonds. The van der Waals surface area contributed by atoms with Crippen LogP contribution in [0.1, 0.15) is 37.6 Å². The first-order chi connectivity index (χ1) is 10.4. The predicted molar refractivity (Wildman–Crippen MR) is 79.9 cm³/mol. The molecule has 7 heteroatoms.